The summed E-state index contributed by atoms with van der Waals surface area (Å²) in [5.74, 6) is 0.616. The van der Waals surface area contributed by atoms with Gasteiger partial charge in [-0.2, -0.15) is 0 Å². The van der Waals surface area contributed by atoms with Gasteiger partial charge in [0, 0.05) is 31.9 Å². The molecule has 1 aliphatic rings. The van der Waals surface area contributed by atoms with Gasteiger partial charge in [-0.05, 0) is 23.3 Å². The van der Waals surface area contributed by atoms with Gasteiger partial charge in [0.1, 0.15) is 6.04 Å². The number of rotatable bonds is 4. The molecule has 0 spiro atoms. The molecule has 2 N–H and O–H groups in total. The molecule has 0 amide bonds. The number of piperazine rings is 1. The Morgan fingerprint density at radius 1 is 0.690 bits per heavy atom. The quantitative estimate of drug-likeness (QED) is 0.327. The summed E-state index contributed by atoms with van der Waals surface area (Å²) >= 11 is 0. The number of guanidine groups is 1. The second-order valence-electron chi connectivity index (χ2n) is 7.02. The van der Waals surface area contributed by atoms with Crippen molar-refractivity contribution in [1.82, 2.24) is 4.90 Å². The average Bonchev–Trinajstić information content (AvgIpc) is 2.79. The molecule has 150 valence electrons. The Morgan fingerprint density at radius 3 is 1.62 bits per heavy atom. The van der Waals surface area contributed by atoms with Gasteiger partial charge in [0.15, 0.2) is 5.96 Å². The fourth-order valence-electron chi connectivity index (χ4n) is 3.66. The van der Waals surface area contributed by atoms with Crippen LogP contribution in [0.4, 0.5) is 5.69 Å². The molecule has 0 unspecified atom stereocenters. The van der Waals surface area contributed by atoms with Gasteiger partial charge in [0.05, 0.1) is 0 Å². The van der Waals surface area contributed by atoms with E-state index in [9.17, 15) is 0 Å². The number of aliphatic imine (C=N–C) groups is 1. The van der Waals surface area contributed by atoms with E-state index in [4.69, 9.17) is 10.7 Å². The highest BCUT2D eigenvalue weighted by Gasteiger charge is 2.20. The van der Waals surface area contributed by atoms with Gasteiger partial charge in [-0.25, -0.2) is 4.99 Å². The molecule has 3 aromatic rings. The van der Waals surface area contributed by atoms with Gasteiger partial charge in [-0.15, -0.1) is 24.0 Å². The molecule has 3 aromatic carbocycles. The molecule has 4 rings (SSSR count). The topological polar surface area (TPSA) is 44.9 Å². The Hall–Kier alpha value is -2.54. The zero-order valence-electron chi connectivity index (χ0n) is 16.4. The van der Waals surface area contributed by atoms with Gasteiger partial charge >= 0.3 is 0 Å². The van der Waals surface area contributed by atoms with Crippen molar-refractivity contribution in [3.63, 3.8) is 0 Å². The van der Waals surface area contributed by atoms with Crippen molar-refractivity contribution in [2.24, 2.45) is 10.7 Å². The maximum atomic E-state index is 6.47. The molecule has 0 aromatic heterocycles. The largest absolute Gasteiger partial charge is 0.370 e. The Morgan fingerprint density at radius 2 is 1.14 bits per heavy atom. The van der Waals surface area contributed by atoms with Crippen LogP contribution in [0.3, 0.4) is 0 Å². The molecule has 29 heavy (non-hydrogen) atoms. The first-order valence-corrected chi connectivity index (χ1v) is 9.79. The molecule has 1 fully saturated rings. The summed E-state index contributed by atoms with van der Waals surface area (Å²) < 4.78 is 0. The fourth-order valence-corrected chi connectivity index (χ4v) is 3.66. The Labute approximate surface area is 190 Å². The number of nitrogens with zero attached hydrogens (tertiary/aromatic N) is 3. The zero-order chi connectivity index (χ0) is 19.2. The molecule has 0 atom stereocenters. The van der Waals surface area contributed by atoms with Crippen molar-refractivity contribution in [2.75, 3.05) is 31.1 Å². The van der Waals surface area contributed by atoms with E-state index < -0.39 is 0 Å². The summed E-state index contributed by atoms with van der Waals surface area (Å²) in [5.41, 5.74) is 10.0. The molecule has 0 bridgehead atoms. The third kappa shape index (κ3) is 5.29. The Balaban J connectivity index is 0.00000240. The van der Waals surface area contributed by atoms with Crippen LogP contribution in [0.2, 0.25) is 0 Å². The van der Waals surface area contributed by atoms with Crippen LogP contribution in [-0.2, 0) is 0 Å². The lowest BCUT2D eigenvalue weighted by Gasteiger charge is -2.37. The SMILES string of the molecule is I.NC(=NC(c1ccccc1)c1ccccc1)N1CCN(c2ccccc2)CC1. The van der Waals surface area contributed by atoms with Crippen LogP contribution in [0.1, 0.15) is 17.2 Å². The van der Waals surface area contributed by atoms with Crippen molar-refractivity contribution < 1.29 is 0 Å². The van der Waals surface area contributed by atoms with E-state index in [1.165, 1.54) is 5.69 Å². The second-order valence-corrected chi connectivity index (χ2v) is 7.02. The third-order valence-electron chi connectivity index (χ3n) is 5.22. The first-order valence-electron chi connectivity index (χ1n) is 9.79. The summed E-state index contributed by atoms with van der Waals surface area (Å²) in [5, 5.41) is 0. The number of nitrogens with two attached hydrogens (primary N) is 1. The maximum Gasteiger partial charge on any atom is 0.192 e. The standard InChI is InChI=1S/C24H26N4.HI/c25-24(28-18-16-27(17-19-28)22-14-8-3-9-15-22)26-23(20-10-4-1-5-11-20)21-12-6-2-7-13-21;/h1-15,23H,16-19H2,(H2,25,26);1H. The normalized spacial score (nSPS) is 14.6. The first-order chi connectivity index (χ1) is 13.8. The monoisotopic (exact) mass is 498 g/mol. The van der Waals surface area contributed by atoms with E-state index in [1.54, 1.807) is 0 Å². The molecule has 0 aliphatic carbocycles. The van der Waals surface area contributed by atoms with Crippen LogP contribution in [0, 0.1) is 0 Å². The van der Waals surface area contributed by atoms with Crippen molar-refractivity contribution in [3.8, 4) is 0 Å². The van der Waals surface area contributed by atoms with Gasteiger partial charge in [0.25, 0.3) is 0 Å². The van der Waals surface area contributed by atoms with Gasteiger partial charge in [-0.1, -0.05) is 78.9 Å². The van der Waals surface area contributed by atoms with E-state index in [0.29, 0.717) is 5.96 Å². The van der Waals surface area contributed by atoms with Crippen molar-refractivity contribution in [2.45, 2.75) is 6.04 Å². The van der Waals surface area contributed by atoms with E-state index in [-0.39, 0.29) is 30.0 Å². The molecular weight excluding hydrogens is 471 g/mol. The van der Waals surface area contributed by atoms with Gasteiger partial charge < -0.3 is 15.5 Å². The minimum atomic E-state index is -0.0884. The molecular formula is C24H27IN4. The number of halogens is 1. The number of para-hydroxylation sites is 1. The highest BCUT2D eigenvalue weighted by atomic mass is 127. The van der Waals surface area contributed by atoms with Crippen LogP contribution >= 0.6 is 24.0 Å². The molecule has 1 aliphatic heterocycles. The minimum Gasteiger partial charge on any atom is -0.370 e. The van der Waals surface area contributed by atoms with Crippen LogP contribution in [-0.4, -0.2) is 37.0 Å². The smallest absolute Gasteiger partial charge is 0.192 e. The molecule has 1 saturated heterocycles. The summed E-state index contributed by atoms with van der Waals surface area (Å²) in [6, 6.07) is 31.2. The predicted octanol–water partition coefficient (Wildman–Crippen LogP) is 4.53. The van der Waals surface area contributed by atoms with Crippen LogP contribution in [0.15, 0.2) is 96.0 Å². The summed E-state index contributed by atoms with van der Waals surface area (Å²) in [7, 11) is 0. The molecule has 0 radical (unpaired) electrons. The van der Waals surface area contributed by atoms with Crippen LogP contribution < -0.4 is 10.6 Å². The van der Waals surface area contributed by atoms with Crippen molar-refractivity contribution >= 4 is 35.6 Å². The zero-order valence-corrected chi connectivity index (χ0v) is 18.7. The van der Waals surface area contributed by atoms with Crippen molar-refractivity contribution in [3.05, 3.63) is 102 Å². The van der Waals surface area contributed by atoms with E-state index in [0.717, 1.165) is 37.3 Å². The van der Waals surface area contributed by atoms with Gasteiger partial charge in [0.2, 0.25) is 0 Å². The van der Waals surface area contributed by atoms with Crippen molar-refractivity contribution in [1.29, 1.82) is 0 Å². The third-order valence-corrected chi connectivity index (χ3v) is 5.22. The number of anilines is 1. The lowest BCUT2D eigenvalue weighted by atomic mass is 9.99. The summed E-state index contributed by atoms with van der Waals surface area (Å²) in [4.78, 5) is 9.53. The Kier molecular flexibility index (Phi) is 7.52. The minimum absolute atomic E-state index is 0. The fraction of sp³-hybridized carbons (Fsp3) is 0.208. The van der Waals surface area contributed by atoms with E-state index in [2.05, 4.69) is 88.7 Å². The lowest BCUT2D eigenvalue weighted by molar-refractivity contribution is 0.380. The number of hydrogen-bond donors (Lipinski definition) is 1. The van der Waals surface area contributed by atoms with Crippen LogP contribution in [0.25, 0.3) is 0 Å². The Bertz CT molecular complexity index is 852. The number of benzene rings is 3. The highest BCUT2D eigenvalue weighted by Crippen LogP contribution is 2.26. The van der Waals surface area contributed by atoms with Gasteiger partial charge in [-0.3, -0.25) is 0 Å². The second kappa shape index (κ2) is 10.3. The molecule has 4 nitrogen and oxygen atoms in total. The molecule has 1 heterocycles. The average molecular weight is 498 g/mol. The predicted molar refractivity (Wildman–Crippen MR) is 132 cm³/mol. The molecule has 0 saturated carbocycles. The van der Waals surface area contributed by atoms with Crippen LogP contribution in [0.5, 0.6) is 0 Å². The maximum absolute atomic E-state index is 6.47. The lowest BCUT2D eigenvalue weighted by Crippen LogP contribution is -2.51. The number of hydrogen-bond acceptors (Lipinski definition) is 2. The first kappa shape index (κ1) is 21.2. The highest BCUT2D eigenvalue weighted by molar-refractivity contribution is 14.0. The summed E-state index contributed by atoms with van der Waals surface area (Å²) in [6.45, 7) is 3.64. The molecule has 5 heteroatoms. The van der Waals surface area contributed by atoms with E-state index >= 15 is 0 Å². The summed E-state index contributed by atoms with van der Waals surface area (Å²) in [6.07, 6.45) is 0. The van der Waals surface area contributed by atoms with E-state index in [1.807, 2.05) is 12.1 Å².